The fraction of sp³-hybridized carbons (Fsp3) is 0.192. The number of hydrogen-bond donors (Lipinski definition) is 0. The van der Waals surface area contributed by atoms with E-state index in [2.05, 4.69) is 96.0 Å². The molecule has 3 aromatic carbocycles. The van der Waals surface area contributed by atoms with Gasteiger partial charge in [-0.3, -0.25) is 0 Å². The van der Waals surface area contributed by atoms with Crippen molar-refractivity contribution in [3.05, 3.63) is 95.3 Å². The van der Waals surface area contributed by atoms with Crippen molar-refractivity contribution >= 4 is 0 Å². The van der Waals surface area contributed by atoms with Crippen molar-refractivity contribution in [2.75, 3.05) is 0 Å². The average Bonchev–Trinajstić information content (AvgIpc) is 2.95. The zero-order valence-corrected chi connectivity index (χ0v) is 16.3. The summed E-state index contributed by atoms with van der Waals surface area (Å²) in [6.45, 7) is 4.43. The molecule has 2 aliphatic rings. The van der Waals surface area contributed by atoms with Crippen molar-refractivity contribution < 1.29 is 4.57 Å². The number of para-hydroxylation sites is 1. The van der Waals surface area contributed by atoms with E-state index < -0.39 is 0 Å². The monoisotopic (exact) mass is 363 g/mol. The highest BCUT2D eigenvalue weighted by molar-refractivity contribution is 5.80. The molecule has 0 fully saturated rings. The smallest absolute Gasteiger partial charge is 0.223 e. The van der Waals surface area contributed by atoms with Crippen LogP contribution in [0.2, 0.25) is 0 Å². The van der Waals surface area contributed by atoms with Crippen molar-refractivity contribution in [2.24, 2.45) is 0 Å². The zero-order valence-electron chi connectivity index (χ0n) is 16.3. The van der Waals surface area contributed by atoms with Gasteiger partial charge < -0.3 is 0 Å². The quantitative estimate of drug-likeness (QED) is 0.391. The summed E-state index contributed by atoms with van der Waals surface area (Å²) >= 11 is 0. The first kappa shape index (κ1) is 15.9. The summed E-state index contributed by atoms with van der Waals surface area (Å²) in [5.74, 6) is 1.31. The lowest BCUT2D eigenvalue weighted by Crippen LogP contribution is -2.40. The maximum Gasteiger partial charge on any atom is 0.294 e. The Morgan fingerprint density at radius 3 is 2.39 bits per heavy atom. The van der Waals surface area contributed by atoms with E-state index in [0.29, 0.717) is 6.04 Å². The van der Waals surface area contributed by atoms with Crippen LogP contribution in [0.15, 0.2) is 73.1 Å². The number of benzene rings is 3. The van der Waals surface area contributed by atoms with Gasteiger partial charge in [-0.15, -0.1) is 0 Å². The first-order valence-electron chi connectivity index (χ1n) is 10.1. The number of rotatable bonds is 1. The van der Waals surface area contributed by atoms with Crippen LogP contribution >= 0.6 is 0 Å². The van der Waals surface area contributed by atoms with Gasteiger partial charge in [0.05, 0.1) is 5.56 Å². The van der Waals surface area contributed by atoms with E-state index in [4.69, 9.17) is 0 Å². The minimum atomic E-state index is 0.377. The van der Waals surface area contributed by atoms with Crippen LogP contribution in [-0.2, 0) is 6.42 Å². The first-order valence-corrected chi connectivity index (χ1v) is 10.1. The molecule has 0 N–H and O–H groups in total. The standard InChI is InChI=1S/C26H23N2/c1-17-7-5-8-18(2)25(17)28-16-15-27-24-14-13-21-19(11-6-12-23(21)26(27)28)20-9-3-4-10-22(20)24/h3-12,15-16,24H,13-14H2,1-2H3/q+1. The molecule has 0 radical (unpaired) electrons. The SMILES string of the molecule is Cc1cccc(C)c1-n1cc[n+]2c1-c1cccc3c1CCC2c1ccccc1-3. The largest absolute Gasteiger partial charge is 0.294 e. The molecule has 4 aromatic rings. The molecule has 2 nitrogen and oxygen atoms in total. The fourth-order valence-corrected chi connectivity index (χ4v) is 5.37. The Morgan fingerprint density at radius 2 is 1.54 bits per heavy atom. The van der Waals surface area contributed by atoms with Gasteiger partial charge in [-0.1, -0.05) is 54.6 Å². The number of imidazole rings is 1. The van der Waals surface area contributed by atoms with E-state index in [1.54, 1.807) is 0 Å². The van der Waals surface area contributed by atoms with Crippen LogP contribution in [0.5, 0.6) is 0 Å². The zero-order chi connectivity index (χ0) is 18.8. The summed E-state index contributed by atoms with van der Waals surface area (Å²) < 4.78 is 4.93. The Labute approximate surface area is 165 Å². The molecular weight excluding hydrogens is 340 g/mol. The van der Waals surface area contributed by atoms with E-state index >= 15 is 0 Å². The lowest BCUT2D eigenvalue weighted by atomic mass is 9.91. The lowest BCUT2D eigenvalue weighted by molar-refractivity contribution is -0.702. The van der Waals surface area contributed by atoms with Gasteiger partial charge in [0.15, 0.2) is 0 Å². The van der Waals surface area contributed by atoms with Crippen LogP contribution in [0, 0.1) is 13.8 Å². The van der Waals surface area contributed by atoms with Gasteiger partial charge in [0.2, 0.25) is 0 Å². The van der Waals surface area contributed by atoms with Crippen LogP contribution in [0.4, 0.5) is 0 Å². The highest BCUT2D eigenvalue weighted by Crippen LogP contribution is 2.44. The number of nitrogens with zero attached hydrogens (tertiary/aromatic N) is 2. The third-order valence-corrected chi connectivity index (χ3v) is 6.56. The second-order valence-corrected chi connectivity index (χ2v) is 8.11. The third-order valence-electron chi connectivity index (χ3n) is 6.56. The summed E-state index contributed by atoms with van der Waals surface area (Å²) in [5, 5.41) is 0. The van der Waals surface area contributed by atoms with E-state index in [0.717, 1.165) is 12.8 Å². The molecule has 0 saturated carbocycles. The van der Waals surface area contributed by atoms with Gasteiger partial charge in [-0.05, 0) is 60.6 Å². The first-order chi connectivity index (χ1) is 13.7. The van der Waals surface area contributed by atoms with Gasteiger partial charge in [-0.2, -0.15) is 4.57 Å². The number of aryl methyl sites for hydroxylation is 2. The normalized spacial score (nSPS) is 16.3. The molecule has 1 aliphatic carbocycles. The van der Waals surface area contributed by atoms with Crippen LogP contribution in [0.25, 0.3) is 28.2 Å². The Bertz CT molecular complexity index is 1230. The maximum absolute atomic E-state index is 2.51. The molecule has 2 bridgehead atoms. The maximum atomic E-state index is 2.51. The van der Waals surface area contributed by atoms with Crippen molar-refractivity contribution in [1.82, 2.24) is 4.57 Å². The summed E-state index contributed by atoms with van der Waals surface area (Å²) in [5.41, 5.74) is 11.1. The number of aromatic nitrogens is 2. The Morgan fingerprint density at radius 1 is 0.821 bits per heavy atom. The van der Waals surface area contributed by atoms with Crippen LogP contribution in [0.3, 0.4) is 0 Å². The molecular formula is C26H23N2+. The molecule has 1 atom stereocenters. The van der Waals surface area contributed by atoms with E-state index in [1.807, 2.05) is 0 Å². The molecule has 0 amide bonds. The van der Waals surface area contributed by atoms with Gasteiger partial charge in [0, 0.05) is 5.56 Å². The molecule has 2 heterocycles. The Balaban J connectivity index is 1.75. The van der Waals surface area contributed by atoms with Gasteiger partial charge in [0.25, 0.3) is 5.82 Å². The highest BCUT2D eigenvalue weighted by atomic mass is 15.2. The molecule has 136 valence electrons. The predicted molar refractivity (Wildman–Crippen MR) is 113 cm³/mol. The summed E-state index contributed by atoms with van der Waals surface area (Å²) in [7, 11) is 0. The van der Waals surface area contributed by atoms with Gasteiger partial charge in [-0.25, -0.2) is 4.57 Å². The molecule has 2 heteroatoms. The summed E-state index contributed by atoms with van der Waals surface area (Å²) in [6.07, 6.45) is 6.82. The third kappa shape index (κ3) is 2.00. The van der Waals surface area contributed by atoms with Crippen LogP contribution in [0.1, 0.15) is 34.7 Å². The molecule has 1 aliphatic heterocycles. The van der Waals surface area contributed by atoms with Crippen molar-refractivity contribution in [3.8, 4) is 28.2 Å². The molecule has 1 unspecified atom stereocenters. The molecule has 1 aromatic heterocycles. The minimum Gasteiger partial charge on any atom is -0.223 e. The fourth-order valence-electron chi connectivity index (χ4n) is 5.37. The van der Waals surface area contributed by atoms with E-state index in [-0.39, 0.29) is 0 Å². The average molecular weight is 363 g/mol. The minimum absolute atomic E-state index is 0.377. The van der Waals surface area contributed by atoms with Crippen LogP contribution < -0.4 is 4.57 Å². The summed E-state index contributed by atoms with van der Waals surface area (Å²) in [4.78, 5) is 0. The second-order valence-electron chi connectivity index (χ2n) is 8.11. The van der Waals surface area contributed by atoms with Gasteiger partial charge in [0.1, 0.15) is 24.1 Å². The highest BCUT2D eigenvalue weighted by Gasteiger charge is 2.37. The van der Waals surface area contributed by atoms with E-state index in [9.17, 15) is 0 Å². The van der Waals surface area contributed by atoms with Crippen molar-refractivity contribution in [1.29, 1.82) is 0 Å². The molecule has 0 spiro atoms. The molecule has 6 rings (SSSR count). The topological polar surface area (TPSA) is 8.81 Å². The lowest BCUT2D eigenvalue weighted by Gasteiger charge is -2.20. The number of fused-ring (bicyclic) bond motifs is 8. The Hall–Kier alpha value is -3.13. The molecule has 0 saturated heterocycles. The van der Waals surface area contributed by atoms with Crippen LogP contribution in [-0.4, -0.2) is 4.57 Å². The number of hydrogen-bond acceptors (Lipinski definition) is 0. The second kappa shape index (κ2) is 5.68. The van der Waals surface area contributed by atoms with Crippen molar-refractivity contribution in [3.63, 3.8) is 0 Å². The van der Waals surface area contributed by atoms with Crippen molar-refractivity contribution in [2.45, 2.75) is 32.7 Å². The summed E-state index contributed by atoms with van der Waals surface area (Å²) in [6, 6.07) is 22.8. The Kier molecular flexibility index (Phi) is 3.22. The van der Waals surface area contributed by atoms with Gasteiger partial charge >= 0.3 is 0 Å². The van der Waals surface area contributed by atoms with E-state index in [1.165, 1.54) is 50.5 Å². The molecule has 28 heavy (non-hydrogen) atoms. The predicted octanol–water partition coefficient (Wildman–Crippen LogP) is 5.56.